The normalized spacial score (nSPS) is 16.1. The highest BCUT2D eigenvalue weighted by molar-refractivity contribution is 5.76. The molecule has 1 amide bonds. The van der Waals surface area contributed by atoms with Crippen LogP contribution in [0.2, 0.25) is 0 Å². The van der Waals surface area contributed by atoms with E-state index in [0.29, 0.717) is 25.3 Å². The number of amides is 1. The summed E-state index contributed by atoms with van der Waals surface area (Å²) in [7, 11) is 0. The second-order valence-electron chi connectivity index (χ2n) is 6.64. The molecule has 0 spiro atoms. The summed E-state index contributed by atoms with van der Waals surface area (Å²) in [4.78, 5) is 35.9. The number of unbranched alkanes of at least 4 members (excludes halogenated alkanes) is 1. The maximum atomic E-state index is 12.0. The van der Waals surface area contributed by atoms with Crippen molar-refractivity contribution in [3.8, 4) is 0 Å². The predicted molar refractivity (Wildman–Crippen MR) is 93.9 cm³/mol. The van der Waals surface area contributed by atoms with Gasteiger partial charge < -0.3 is 14.7 Å². The van der Waals surface area contributed by atoms with Gasteiger partial charge >= 0.3 is 12.1 Å². The number of non-ortho nitro benzene ring substituents is 1. The Morgan fingerprint density at radius 1 is 1.35 bits per heavy atom. The maximum Gasteiger partial charge on any atom is 0.409 e. The molecule has 8 nitrogen and oxygen atoms in total. The first-order chi connectivity index (χ1) is 12.4. The third-order valence-corrected chi connectivity index (χ3v) is 4.82. The van der Waals surface area contributed by atoms with Crippen LogP contribution in [0.5, 0.6) is 0 Å². The minimum atomic E-state index is -1.03. The smallest absolute Gasteiger partial charge is 0.409 e. The van der Waals surface area contributed by atoms with Crippen LogP contribution < -0.4 is 0 Å². The zero-order valence-corrected chi connectivity index (χ0v) is 14.8. The molecule has 0 aromatic heterocycles. The first-order valence-corrected chi connectivity index (χ1v) is 8.76. The Morgan fingerprint density at radius 3 is 2.62 bits per heavy atom. The van der Waals surface area contributed by atoms with E-state index in [1.54, 1.807) is 12.1 Å². The van der Waals surface area contributed by atoms with Crippen molar-refractivity contribution in [2.75, 3.05) is 19.7 Å². The molecule has 0 unspecified atom stereocenters. The topological polar surface area (TPSA) is 110 Å². The third kappa shape index (κ3) is 4.71. The number of likely N-dealkylation sites (tertiary alicyclic amines) is 1. The average molecular weight is 364 g/mol. The van der Waals surface area contributed by atoms with Crippen LogP contribution in [0.4, 0.5) is 10.5 Å². The fourth-order valence-electron chi connectivity index (χ4n) is 3.15. The van der Waals surface area contributed by atoms with Crippen LogP contribution in [-0.2, 0) is 16.0 Å². The third-order valence-electron chi connectivity index (χ3n) is 4.82. The number of carbonyl (C=O) groups is 2. The highest BCUT2D eigenvalue weighted by atomic mass is 16.6. The Labute approximate surface area is 151 Å². The van der Waals surface area contributed by atoms with E-state index in [9.17, 15) is 24.8 Å². The molecule has 1 fully saturated rings. The molecule has 26 heavy (non-hydrogen) atoms. The summed E-state index contributed by atoms with van der Waals surface area (Å²) in [6.45, 7) is 2.96. The lowest BCUT2D eigenvalue weighted by molar-refractivity contribution is -0.384. The van der Waals surface area contributed by atoms with Crippen molar-refractivity contribution < 1.29 is 24.4 Å². The molecule has 1 N–H and O–H groups in total. The molecule has 1 heterocycles. The number of piperidine rings is 1. The Bertz CT molecular complexity index is 667. The lowest BCUT2D eigenvalue weighted by Crippen LogP contribution is -2.47. The van der Waals surface area contributed by atoms with Crippen LogP contribution in [0.1, 0.15) is 38.2 Å². The van der Waals surface area contributed by atoms with Crippen LogP contribution in [0, 0.1) is 15.5 Å². The van der Waals surface area contributed by atoms with Gasteiger partial charge in [-0.15, -0.1) is 0 Å². The Balaban J connectivity index is 2.04. The van der Waals surface area contributed by atoms with Crippen molar-refractivity contribution >= 4 is 17.7 Å². The lowest BCUT2D eigenvalue weighted by Gasteiger charge is -2.38. The highest BCUT2D eigenvalue weighted by Gasteiger charge is 2.42. The van der Waals surface area contributed by atoms with Crippen molar-refractivity contribution in [3.05, 3.63) is 39.9 Å². The van der Waals surface area contributed by atoms with Gasteiger partial charge in [0.1, 0.15) is 0 Å². The molecule has 1 saturated heterocycles. The number of carboxylic acid groups (broad SMARTS) is 1. The van der Waals surface area contributed by atoms with Crippen LogP contribution >= 0.6 is 0 Å². The van der Waals surface area contributed by atoms with Crippen molar-refractivity contribution in [3.63, 3.8) is 0 Å². The zero-order chi connectivity index (χ0) is 19.2. The van der Waals surface area contributed by atoms with E-state index in [1.165, 1.54) is 17.0 Å². The maximum absolute atomic E-state index is 12.0. The summed E-state index contributed by atoms with van der Waals surface area (Å²) in [5.74, 6) is -0.942. The van der Waals surface area contributed by atoms with E-state index in [1.807, 2.05) is 6.92 Å². The van der Waals surface area contributed by atoms with Crippen LogP contribution in [0.25, 0.3) is 0 Å². The fourth-order valence-corrected chi connectivity index (χ4v) is 3.15. The molecule has 8 heteroatoms. The van der Waals surface area contributed by atoms with E-state index >= 15 is 0 Å². The van der Waals surface area contributed by atoms with Crippen molar-refractivity contribution in [2.24, 2.45) is 5.41 Å². The van der Waals surface area contributed by atoms with E-state index in [-0.39, 0.29) is 24.9 Å². The van der Waals surface area contributed by atoms with Gasteiger partial charge in [0.15, 0.2) is 0 Å². The Hall–Kier alpha value is -2.64. The summed E-state index contributed by atoms with van der Waals surface area (Å²) < 4.78 is 5.18. The van der Waals surface area contributed by atoms with Gasteiger partial charge in [-0.2, -0.15) is 0 Å². The number of hydrogen-bond acceptors (Lipinski definition) is 5. The molecular weight excluding hydrogens is 340 g/mol. The molecule has 142 valence electrons. The Kier molecular flexibility index (Phi) is 6.54. The number of ether oxygens (including phenoxy) is 1. The van der Waals surface area contributed by atoms with Crippen molar-refractivity contribution in [1.82, 2.24) is 4.90 Å². The molecule has 2 rings (SSSR count). The summed E-state index contributed by atoms with van der Waals surface area (Å²) in [6.07, 6.45) is 2.09. The molecule has 0 bridgehead atoms. The number of nitro benzene ring substituents is 1. The average Bonchev–Trinajstić information content (AvgIpc) is 2.62. The molecule has 1 aromatic carbocycles. The minimum Gasteiger partial charge on any atom is -0.481 e. The fraction of sp³-hybridized carbons (Fsp3) is 0.556. The second-order valence-corrected chi connectivity index (χ2v) is 6.64. The number of hydrogen-bond donors (Lipinski definition) is 1. The minimum absolute atomic E-state index is 0.0556. The Morgan fingerprint density at radius 2 is 2.04 bits per heavy atom. The zero-order valence-electron chi connectivity index (χ0n) is 14.8. The molecule has 1 aromatic rings. The second kappa shape index (κ2) is 8.64. The summed E-state index contributed by atoms with van der Waals surface area (Å²) in [5.41, 5.74) is -0.476. The number of aliphatic carboxylic acids is 1. The summed E-state index contributed by atoms with van der Waals surface area (Å²) >= 11 is 0. The standard InChI is InChI=1S/C18H24N2O6/c1-2-3-11-26-17(23)19-9-7-18(8-10-19,16(21)22)13-14-5-4-6-15(12-14)20(24)25/h4-6,12H,2-3,7-11,13H2,1H3,(H,21,22). The lowest BCUT2D eigenvalue weighted by atomic mass is 9.74. The van der Waals surface area contributed by atoms with Gasteiger partial charge in [0.05, 0.1) is 16.9 Å². The number of benzene rings is 1. The number of nitro groups is 1. The van der Waals surface area contributed by atoms with Crippen LogP contribution in [-0.4, -0.2) is 46.7 Å². The largest absolute Gasteiger partial charge is 0.481 e. The molecule has 0 saturated carbocycles. The molecule has 0 atom stereocenters. The van der Waals surface area contributed by atoms with E-state index in [4.69, 9.17) is 4.74 Å². The summed E-state index contributed by atoms with van der Waals surface area (Å²) in [5, 5.41) is 20.7. The molecule has 1 aliphatic heterocycles. The molecule has 1 aliphatic rings. The number of carboxylic acids is 1. The van der Waals surface area contributed by atoms with Crippen molar-refractivity contribution in [2.45, 2.75) is 39.0 Å². The molecule has 0 radical (unpaired) electrons. The number of nitrogens with zero attached hydrogens (tertiary/aromatic N) is 2. The van der Waals surface area contributed by atoms with Gasteiger partial charge in [0.25, 0.3) is 5.69 Å². The monoisotopic (exact) mass is 364 g/mol. The van der Waals surface area contributed by atoms with Gasteiger partial charge in [-0.1, -0.05) is 25.5 Å². The van der Waals surface area contributed by atoms with Gasteiger partial charge in [-0.05, 0) is 31.2 Å². The van der Waals surface area contributed by atoms with E-state index in [0.717, 1.165) is 12.8 Å². The first-order valence-electron chi connectivity index (χ1n) is 8.76. The number of rotatable bonds is 7. The van der Waals surface area contributed by atoms with E-state index in [2.05, 4.69) is 0 Å². The van der Waals surface area contributed by atoms with Gasteiger partial charge in [-0.3, -0.25) is 14.9 Å². The van der Waals surface area contributed by atoms with E-state index < -0.39 is 22.4 Å². The highest BCUT2D eigenvalue weighted by Crippen LogP contribution is 2.36. The van der Waals surface area contributed by atoms with Gasteiger partial charge in [0, 0.05) is 25.2 Å². The quantitative estimate of drug-likeness (QED) is 0.452. The SMILES string of the molecule is CCCCOC(=O)N1CCC(Cc2cccc([N+](=O)[O-])c2)(C(=O)O)CC1. The van der Waals surface area contributed by atoms with Crippen molar-refractivity contribution in [1.29, 1.82) is 0 Å². The van der Waals surface area contributed by atoms with Gasteiger partial charge in [-0.25, -0.2) is 4.79 Å². The van der Waals surface area contributed by atoms with Crippen LogP contribution in [0.3, 0.4) is 0 Å². The molecule has 0 aliphatic carbocycles. The predicted octanol–water partition coefficient (Wildman–Crippen LogP) is 3.24. The van der Waals surface area contributed by atoms with Crippen LogP contribution in [0.15, 0.2) is 24.3 Å². The number of carbonyl (C=O) groups excluding carboxylic acids is 1. The summed E-state index contributed by atoms with van der Waals surface area (Å²) in [6, 6.07) is 6.05. The first kappa shape index (κ1) is 19.7. The van der Waals surface area contributed by atoms with Gasteiger partial charge in [0.2, 0.25) is 0 Å². The molecular formula is C18H24N2O6.